The van der Waals surface area contributed by atoms with Gasteiger partial charge in [-0.3, -0.25) is 0 Å². The molecule has 0 saturated heterocycles. The molecule has 0 aliphatic carbocycles. The number of pyridine rings is 1. The monoisotopic (exact) mass is 242 g/mol. The van der Waals surface area contributed by atoms with Crippen LogP contribution in [0.15, 0.2) is 23.4 Å². The lowest BCUT2D eigenvalue weighted by Crippen LogP contribution is -2.15. The van der Waals surface area contributed by atoms with Gasteiger partial charge in [0.25, 0.3) is 0 Å². The van der Waals surface area contributed by atoms with E-state index in [1.54, 1.807) is 6.20 Å². The first-order valence-electron chi connectivity index (χ1n) is 5.22. The van der Waals surface area contributed by atoms with Crippen LogP contribution in [0.4, 0.5) is 0 Å². The average Bonchev–Trinajstić information content (AvgIpc) is 2.35. The van der Waals surface area contributed by atoms with Gasteiger partial charge in [-0.1, -0.05) is 0 Å². The lowest BCUT2D eigenvalue weighted by molar-refractivity contribution is 0.113. The number of nitrogens with one attached hydrogen (secondary N) is 1. The zero-order chi connectivity index (χ0) is 12.0. The molecule has 16 heavy (non-hydrogen) atoms. The molecule has 0 spiro atoms. The zero-order valence-electron chi connectivity index (χ0n) is 9.55. The highest BCUT2D eigenvalue weighted by atomic mass is 32.2. The predicted molar refractivity (Wildman–Crippen MR) is 65.5 cm³/mol. The van der Waals surface area contributed by atoms with Crippen LogP contribution in [-0.4, -0.2) is 40.7 Å². The Bertz CT molecular complexity index is 323. The molecule has 0 amide bonds. The van der Waals surface area contributed by atoms with Crippen molar-refractivity contribution < 1.29 is 10.2 Å². The van der Waals surface area contributed by atoms with Crippen LogP contribution in [0.2, 0.25) is 0 Å². The second-order valence-corrected chi connectivity index (χ2v) is 4.63. The quantitative estimate of drug-likeness (QED) is 0.644. The molecule has 90 valence electrons. The first-order chi connectivity index (χ1) is 7.67. The number of nitrogens with zero attached hydrogens (tertiary/aromatic N) is 1. The maximum Gasteiger partial charge on any atom is 0.0964 e. The Kier molecular flexibility index (Phi) is 5.76. The summed E-state index contributed by atoms with van der Waals surface area (Å²) in [7, 11) is 1.91. The molecule has 0 aliphatic heterocycles. The number of thioether (sulfide) groups is 1. The summed E-state index contributed by atoms with van der Waals surface area (Å²) in [4.78, 5) is 4.20. The van der Waals surface area contributed by atoms with Gasteiger partial charge in [0.15, 0.2) is 0 Å². The number of aliphatic hydroxyl groups is 2. The van der Waals surface area contributed by atoms with Gasteiger partial charge in [0.2, 0.25) is 0 Å². The second kappa shape index (κ2) is 6.85. The zero-order valence-corrected chi connectivity index (χ0v) is 10.4. The fourth-order valence-corrected chi connectivity index (χ4v) is 2.00. The van der Waals surface area contributed by atoms with Crippen LogP contribution in [0, 0.1) is 0 Å². The van der Waals surface area contributed by atoms with Crippen LogP contribution < -0.4 is 5.32 Å². The van der Waals surface area contributed by atoms with Crippen molar-refractivity contribution >= 4 is 11.8 Å². The second-order valence-electron chi connectivity index (χ2n) is 3.59. The number of aliphatic hydroxyl groups excluding tert-OH is 2. The van der Waals surface area contributed by atoms with Gasteiger partial charge in [-0.2, -0.15) is 0 Å². The van der Waals surface area contributed by atoms with Crippen LogP contribution in [0.3, 0.4) is 0 Å². The molecule has 2 atom stereocenters. The molecule has 4 nitrogen and oxygen atoms in total. The SMILES string of the molecule is CNC(C)c1ccnc(SCC(O)CO)c1. The molecular formula is C11H18N2O2S. The normalized spacial score (nSPS) is 14.8. The molecule has 0 bridgehead atoms. The summed E-state index contributed by atoms with van der Waals surface area (Å²) in [5, 5.41) is 22.0. The molecule has 0 aromatic carbocycles. The Morgan fingerprint density at radius 3 is 2.94 bits per heavy atom. The molecule has 1 rings (SSSR count). The summed E-state index contributed by atoms with van der Waals surface area (Å²) in [6.45, 7) is 1.87. The van der Waals surface area contributed by atoms with Crippen molar-refractivity contribution in [2.45, 2.75) is 24.1 Å². The highest BCUT2D eigenvalue weighted by Gasteiger charge is 2.07. The maximum atomic E-state index is 9.23. The van der Waals surface area contributed by atoms with Crippen molar-refractivity contribution in [2.75, 3.05) is 19.4 Å². The van der Waals surface area contributed by atoms with Crippen LogP contribution in [0.1, 0.15) is 18.5 Å². The van der Waals surface area contributed by atoms with Crippen molar-refractivity contribution in [3.8, 4) is 0 Å². The highest BCUT2D eigenvalue weighted by molar-refractivity contribution is 7.99. The number of hydrogen-bond donors (Lipinski definition) is 3. The van der Waals surface area contributed by atoms with Crippen molar-refractivity contribution in [3.63, 3.8) is 0 Å². The molecular weight excluding hydrogens is 224 g/mol. The maximum absolute atomic E-state index is 9.23. The first kappa shape index (κ1) is 13.4. The molecule has 0 fully saturated rings. The van der Waals surface area contributed by atoms with Gasteiger partial charge in [-0.15, -0.1) is 11.8 Å². The Morgan fingerprint density at radius 1 is 1.56 bits per heavy atom. The van der Waals surface area contributed by atoms with Gasteiger partial charge in [-0.05, 0) is 31.7 Å². The van der Waals surface area contributed by atoms with Gasteiger partial charge in [0.1, 0.15) is 0 Å². The minimum atomic E-state index is -0.683. The van der Waals surface area contributed by atoms with Gasteiger partial charge in [0.05, 0.1) is 17.7 Å². The Balaban J connectivity index is 2.60. The smallest absolute Gasteiger partial charge is 0.0964 e. The molecule has 3 N–H and O–H groups in total. The summed E-state index contributed by atoms with van der Waals surface area (Å²) in [5.41, 5.74) is 1.17. The Labute approximate surface area is 100 Å². The van der Waals surface area contributed by atoms with Crippen LogP contribution in [-0.2, 0) is 0 Å². The van der Waals surface area contributed by atoms with Crippen molar-refractivity contribution in [3.05, 3.63) is 23.9 Å². The third kappa shape index (κ3) is 4.09. The number of hydrogen-bond acceptors (Lipinski definition) is 5. The van der Waals surface area contributed by atoms with Gasteiger partial charge in [-0.25, -0.2) is 4.98 Å². The molecule has 1 aromatic heterocycles. The average molecular weight is 242 g/mol. The molecule has 0 saturated carbocycles. The van der Waals surface area contributed by atoms with Gasteiger partial charge >= 0.3 is 0 Å². The standard InChI is InChI=1S/C11H18N2O2S/c1-8(12-2)9-3-4-13-11(5-9)16-7-10(15)6-14/h3-5,8,10,12,14-15H,6-7H2,1-2H3. The summed E-state index contributed by atoms with van der Waals surface area (Å²) < 4.78 is 0. The molecule has 5 heteroatoms. The van der Waals surface area contributed by atoms with Crippen LogP contribution in [0.5, 0.6) is 0 Å². The molecule has 0 aliphatic rings. The molecule has 2 unspecified atom stereocenters. The van der Waals surface area contributed by atoms with E-state index in [1.807, 2.05) is 19.2 Å². The lowest BCUT2D eigenvalue weighted by Gasteiger charge is -2.11. The summed E-state index contributed by atoms with van der Waals surface area (Å²) in [6, 6.07) is 4.24. The predicted octanol–water partition coefficient (Wildman–Crippen LogP) is 0.807. The van der Waals surface area contributed by atoms with Gasteiger partial charge < -0.3 is 15.5 Å². The fraction of sp³-hybridized carbons (Fsp3) is 0.545. The van der Waals surface area contributed by atoms with E-state index in [0.717, 1.165) is 5.03 Å². The third-order valence-corrected chi connectivity index (χ3v) is 3.40. The fourth-order valence-electron chi connectivity index (χ4n) is 1.17. The van der Waals surface area contributed by atoms with E-state index >= 15 is 0 Å². The van der Waals surface area contributed by atoms with E-state index in [0.29, 0.717) is 5.75 Å². The van der Waals surface area contributed by atoms with E-state index in [2.05, 4.69) is 17.2 Å². The van der Waals surface area contributed by atoms with E-state index in [1.165, 1.54) is 17.3 Å². The highest BCUT2D eigenvalue weighted by Crippen LogP contribution is 2.20. The lowest BCUT2D eigenvalue weighted by atomic mass is 10.1. The third-order valence-electron chi connectivity index (χ3n) is 2.33. The van der Waals surface area contributed by atoms with Crippen molar-refractivity contribution in [2.24, 2.45) is 0 Å². The minimum Gasteiger partial charge on any atom is -0.394 e. The van der Waals surface area contributed by atoms with E-state index in [-0.39, 0.29) is 12.6 Å². The summed E-state index contributed by atoms with van der Waals surface area (Å²) in [5.74, 6) is 0.459. The van der Waals surface area contributed by atoms with E-state index < -0.39 is 6.10 Å². The van der Waals surface area contributed by atoms with Crippen molar-refractivity contribution in [1.29, 1.82) is 0 Å². The van der Waals surface area contributed by atoms with Crippen LogP contribution >= 0.6 is 11.8 Å². The van der Waals surface area contributed by atoms with E-state index in [9.17, 15) is 5.11 Å². The van der Waals surface area contributed by atoms with Crippen molar-refractivity contribution in [1.82, 2.24) is 10.3 Å². The molecule has 0 radical (unpaired) electrons. The van der Waals surface area contributed by atoms with E-state index in [4.69, 9.17) is 5.11 Å². The summed E-state index contributed by atoms with van der Waals surface area (Å²) in [6.07, 6.45) is 1.08. The number of aromatic nitrogens is 1. The largest absolute Gasteiger partial charge is 0.394 e. The van der Waals surface area contributed by atoms with Gasteiger partial charge in [0, 0.05) is 18.0 Å². The Morgan fingerprint density at radius 2 is 2.31 bits per heavy atom. The summed E-state index contributed by atoms with van der Waals surface area (Å²) >= 11 is 1.45. The van der Waals surface area contributed by atoms with Crippen LogP contribution in [0.25, 0.3) is 0 Å². The molecule has 1 aromatic rings. The molecule has 1 heterocycles. The first-order valence-corrected chi connectivity index (χ1v) is 6.21. The Hall–Kier alpha value is -0.620. The number of rotatable bonds is 6. The minimum absolute atomic E-state index is 0.209. The topological polar surface area (TPSA) is 65.4 Å².